The largest absolute Gasteiger partial charge is 0.497 e. The molecule has 7 nitrogen and oxygen atoms in total. The van der Waals surface area contributed by atoms with Gasteiger partial charge in [-0.25, -0.2) is 9.59 Å². The van der Waals surface area contributed by atoms with E-state index in [9.17, 15) is 14.4 Å². The number of carbonyl (C=O) groups excluding carboxylic acids is 3. The first-order chi connectivity index (χ1) is 12.1. The molecule has 0 saturated carbocycles. The van der Waals surface area contributed by atoms with Gasteiger partial charge in [-0.05, 0) is 31.5 Å². The minimum absolute atomic E-state index is 0.0900. The second-order valence-electron chi connectivity index (χ2n) is 4.84. The van der Waals surface area contributed by atoms with Gasteiger partial charge in [0, 0.05) is 5.56 Å². The Morgan fingerprint density at radius 2 is 1.80 bits per heavy atom. The summed E-state index contributed by atoms with van der Waals surface area (Å²) in [6, 6.07) is 6.68. The maximum Gasteiger partial charge on any atom is 0.375 e. The summed E-state index contributed by atoms with van der Waals surface area (Å²) in [6.45, 7) is 3.44. The molecule has 25 heavy (non-hydrogen) atoms. The molecule has 1 heterocycles. The van der Waals surface area contributed by atoms with E-state index in [1.54, 1.807) is 38.1 Å². The Morgan fingerprint density at radius 1 is 1.12 bits per heavy atom. The van der Waals surface area contributed by atoms with Crippen molar-refractivity contribution in [1.82, 2.24) is 0 Å². The van der Waals surface area contributed by atoms with E-state index in [0.717, 1.165) is 0 Å². The van der Waals surface area contributed by atoms with Crippen LogP contribution in [0.2, 0.25) is 0 Å². The highest BCUT2D eigenvalue weighted by molar-refractivity contribution is 6.09. The number of benzene rings is 1. The molecule has 1 aromatic carbocycles. The van der Waals surface area contributed by atoms with Crippen LogP contribution in [0.5, 0.6) is 5.75 Å². The normalized spacial score (nSPS) is 10.2. The van der Waals surface area contributed by atoms with Crippen molar-refractivity contribution in [1.29, 1.82) is 0 Å². The Labute approximate surface area is 144 Å². The second-order valence-corrected chi connectivity index (χ2v) is 4.84. The fraction of sp³-hybridized carbons (Fsp3) is 0.278. The highest BCUT2D eigenvalue weighted by Crippen LogP contribution is 2.34. The molecule has 0 aliphatic rings. The monoisotopic (exact) mass is 346 g/mol. The number of esters is 2. The predicted octanol–water partition coefficient (Wildman–Crippen LogP) is 3.12. The summed E-state index contributed by atoms with van der Waals surface area (Å²) in [5.41, 5.74) is 0.495. The second kappa shape index (κ2) is 8.14. The van der Waals surface area contributed by atoms with E-state index in [1.165, 1.54) is 7.11 Å². The molecular formula is C18H18O7. The molecule has 1 aromatic heterocycles. The van der Waals surface area contributed by atoms with Crippen molar-refractivity contribution in [2.75, 3.05) is 20.3 Å². The topological polar surface area (TPSA) is 92.0 Å². The molecule has 2 rings (SSSR count). The molecule has 0 bridgehead atoms. The van der Waals surface area contributed by atoms with Crippen molar-refractivity contribution in [3.63, 3.8) is 0 Å². The Bertz CT molecular complexity index is 789. The fourth-order valence-electron chi connectivity index (χ4n) is 2.34. The lowest BCUT2D eigenvalue weighted by Crippen LogP contribution is -2.13. The lowest BCUT2D eigenvalue weighted by molar-refractivity contribution is 0.0451. The van der Waals surface area contributed by atoms with Crippen LogP contribution in [0.4, 0.5) is 0 Å². The van der Waals surface area contributed by atoms with Crippen LogP contribution in [-0.2, 0) is 9.47 Å². The number of furan rings is 1. The zero-order valence-electron chi connectivity index (χ0n) is 14.2. The summed E-state index contributed by atoms with van der Waals surface area (Å²) in [5, 5.41) is 0. The Hall–Kier alpha value is -3.09. The number of hydrogen-bond donors (Lipinski definition) is 0. The summed E-state index contributed by atoms with van der Waals surface area (Å²) in [5.74, 6) is -1.63. The van der Waals surface area contributed by atoms with E-state index in [-0.39, 0.29) is 35.9 Å². The van der Waals surface area contributed by atoms with Gasteiger partial charge in [0.25, 0.3) is 0 Å². The van der Waals surface area contributed by atoms with Crippen LogP contribution in [0.3, 0.4) is 0 Å². The number of methoxy groups -OCH3 is 1. The molecule has 0 fully saturated rings. The Morgan fingerprint density at radius 3 is 2.40 bits per heavy atom. The highest BCUT2D eigenvalue weighted by atomic mass is 16.5. The van der Waals surface area contributed by atoms with Crippen molar-refractivity contribution in [2.24, 2.45) is 0 Å². The zero-order chi connectivity index (χ0) is 18.4. The molecule has 0 aliphatic carbocycles. The summed E-state index contributed by atoms with van der Waals surface area (Å²) >= 11 is 0. The van der Waals surface area contributed by atoms with E-state index < -0.39 is 11.9 Å². The number of carbonyl (C=O) groups is 3. The minimum Gasteiger partial charge on any atom is -0.497 e. The summed E-state index contributed by atoms with van der Waals surface area (Å²) in [6.07, 6.45) is 0.431. The highest BCUT2D eigenvalue weighted by Gasteiger charge is 2.32. The van der Waals surface area contributed by atoms with E-state index in [2.05, 4.69) is 0 Å². The molecule has 2 aromatic rings. The van der Waals surface area contributed by atoms with Gasteiger partial charge in [0.05, 0.1) is 20.3 Å². The third kappa shape index (κ3) is 3.71. The zero-order valence-corrected chi connectivity index (χ0v) is 14.2. The number of hydrogen-bond acceptors (Lipinski definition) is 7. The SMILES string of the molecule is CCOC(=O)c1oc(C=O)c(-c2cccc(OC)c2)c1C(=O)OCC. The maximum atomic E-state index is 12.4. The van der Waals surface area contributed by atoms with Crippen molar-refractivity contribution in [3.8, 4) is 16.9 Å². The van der Waals surface area contributed by atoms with Crippen LogP contribution >= 0.6 is 0 Å². The molecule has 0 aliphatic heterocycles. The molecular weight excluding hydrogens is 328 g/mol. The van der Waals surface area contributed by atoms with Crippen molar-refractivity contribution < 1.29 is 33.0 Å². The maximum absolute atomic E-state index is 12.4. The molecule has 0 unspecified atom stereocenters. The smallest absolute Gasteiger partial charge is 0.375 e. The van der Waals surface area contributed by atoms with E-state index in [4.69, 9.17) is 18.6 Å². The van der Waals surface area contributed by atoms with Gasteiger partial charge in [-0.1, -0.05) is 12.1 Å². The summed E-state index contributed by atoms with van der Waals surface area (Å²) in [7, 11) is 1.49. The first-order valence-electron chi connectivity index (χ1n) is 7.67. The lowest BCUT2D eigenvalue weighted by Gasteiger charge is -2.07. The average Bonchev–Trinajstić information content (AvgIpc) is 3.02. The van der Waals surface area contributed by atoms with Gasteiger partial charge < -0.3 is 18.6 Å². The van der Waals surface area contributed by atoms with Gasteiger partial charge in [-0.2, -0.15) is 0 Å². The van der Waals surface area contributed by atoms with Crippen LogP contribution in [0.25, 0.3) is 11.1 Å². The van der Waals surface area contributed by atoms with Crippen LogP contribution in [0.1, 0.15) is 45.3 Å². The van der Waals surface area contributed by atoms with Gasteiger partial charge in [0.1, 0.15) is 11.3 Å². The molecule has 0 radical (unpaired) electrons. The standard InChI is InChI=1S/C18H18O7/c1-4-23-17(20)15-14(11-7-6-8-12(9-11)22-3)13(10-19)25-16(15)18(21)24-5-2/h6-10H,4-5H2,1-3H3. The Balaban J connectivity index is 2.73. The van der Waals surface area contributed by atoms with Crippen molar-refractivity contribution >= 4 is 18.2 Å². The van der Waals surface area contributed by atoms with Crippen molar-refractivity contribution in [2.45, 2.75) is 13.8 Å². The van der Waals surface area contributed by atoms with Gasteiger partial charge in [0.2, 0.25) is 5.76 Å². The van der Waals surface area contributed by atoms with Crippen LogP contribution < -0.4 is 4.74 Å². The van der Waals surface area contributed by atoms with Gasteiger partial charge in [-0.15, -0.1) is 0 Å². The van der Waals surface area contributed by atoms with Crippen LogP contribution in [0.15, 0.2) is 28.7 Å². The van der Waals surface area contributed by atoms with Gasteiger partial charge in [0.15, 0.2) is 12.0 Å². The van der Waals surface area contributed by atoms with E-state index >= 15 is 0 Å². The minimum atomic E-state index is -0.845. The Kier molecular flexibility index (Phi) is 5.94. The molecule has 0 N–H and O–H groups in total. The average molecular weight is 346 g/mol. The molecule has 0 spiro atoms. The summed E-state index contributed by atoms with van der Waals surface area (Å²) in [4.78, 5) is 36.0. The number of aldehydes is 1. The van der Waals surface area contributed by atoms with E-state index in [0.29, 0.717) is 17.6 Å². The first kappa shape index (κ1) is 18.3. The van der Waals surface area contributed by atoms with E-state index in [1.807, 2.05) is 0 Å². The third-order valence-corrected chi connectivity index (χ3v) is 3.34. The molecule has 7 heteroatoms. The quantitative estimate of drug-likeness (QED) is 0.562. The molecule has 0 amide bonds. The number of rotatable bonds is 7. The van der Waals surface area contributed by atoms with Crippen molar-refractivity contribution in [3.05, 3.63) is 41.3 Å². The lowest BCUT2D eigenvalue weighted by atomic mass is 10.00. The van der Waals surface area contributed by atoms with Crippen LogP contribution in [-0.4, -0.2) is 38.5 Å². The number of ether oxygens (including phenoxy) is 3. The van der Waals surface area contributed by atoms with Crippen LogP contribution in [0, 0.1) is 0 Å². The molecule has 0 saturated heterocycles. The first-order valence-corrected chi connectivity index (χ1v) is 7.67. The summed E-state index contributed by atoms with van der Waals surface area (Å²) < 4.78 is 20.4. The molecule has 132 valence electrons. The third-order valence-electron chi connectivity index (χ3n) is 3.34. The fourth-order valence-corrected chi connectivity index (χ4v) is 2.34. The van der Waals surface area contributed by atoms with Gasteiger partial charge in [-0.3, -0.25) is 4.79 Å². The molecule has 0 atom stereocenters. The van der Waals surface area contributed by atoms with Gasteiger partial charge >= 0.3 is 11.9 Å². The predicted molar refractivity (Wildman–Crippen MR) is 88.0 cm³/mol.